The molecule has 76 valence electrons. The first kappa shape index (κ1) is 9.77. The number of halogens is 1. The molecule has 0 saturated carbocycles. The van der Waals surface area contributed by atoms with E-state index < -0.39 is 0 Å². The van der Waals surface area contributed by atoms with Gasteiger partial charge < -0.3 is 10.3 Å². The Hall–Kier alpha value is -0.770. The number of hydrogen-bond acceptors (Lipinski definition) is 2. The number of nitrogen functional groups attached to an aromatic ring is 1. The fourth-order valence-corrected chi connectivity index (χ4v) is 2.40. The minimum atomic E-state index is 0.0519. The van der Waals surface area contributed by atoms with Gasteiger partial charge >= 0.3 is 0 Å². The average Bonchev–Trinajstić information content (AvgIpc) is 2.39. The molecule has 3 nitrogen and oxygen atoms in total. The molecule has 2 N–H and O–H groups in total. The highest BCUT2D eigenvalue weighted by atomic mass is 79.9. The summed E-state index contributed by atoms with van der Waals surface area (Å²) in [7, 11) is 0. The number of nitrogens with zero attached hydrogens (tertiary/aromatic N) is 1. The molecule has 1 aliphatic heterocycles. The minimum absolute atomic E-state index is 0.0519. The predicted octanol–water partition coefficient (Wildman–Crippen LogP) is 1.92. The number of pyridine rings is 1. The number of nitrogens with two attached hydrogens (primary N) is 1. The summed E-state index contributed by atoms with van der Waals surface area (Å²) in [4.78, 5) is 11.8. The van der Waals surface area contributed by atoms with Crippen LogP contribution in [-0.4, -0.2) is 4.57 Å². The zero-order valence-corrected chi connectivity index (χ0v) is 9.51. The predicted molar refractivity (Wildman–Crippen MR) is 60.4 cm³/mol. The number of aromatic nitrogens is 1. The molecule has 0 fully saturated rings. The fourth-order valence-electron chi connectivity index (χ4n) is 1.94. The van der Waals surface area contributed by atoms with E-state index in [0.29, 0.717) is 4.47 Å². The second kappa shape index (κ2) is 3.77. The molecule has 0 saturated heterocycles. The summed E-state index contributed by atoms with van der Waals surface area (Å²) >= 11 is 3.24. The van der Waals surface area contributed by atoms with Crippen molar-refractivity contribution >= 4 is 21.6 Å². The van der Waals surface area contributed by atoms with Gasteiger partial charge in [-0.2, -0.15) is 0 Å². The first-order valence-electron chi connectivity index (χ1n) is 4.88. The molecule has 4 heteroatoms. The molecule has 0 bridgehead atoms. The van der Waals surface area contributed by atoms with Crippen LogP contribution in [0.4, 0.5) is 5.69 Å². The lowest BCUT2D eigenvalue weighted by Gasteiger charge is -2.12. The molecule has 2 rings (SSSR count). The van der Waals surface area contributed by atoms with Crippen molar-refractivity contribution in [1.82, 2.24) is 4.57 Å². The Kier molecular flexibility index (Phi) is 2.63. The lowest BCUT2D eigenvalue weighted by Crippen LogP contribution is -2.24. The van der Waals surface area contributed by atoms with Crippen LogP contribution in [-0.2, 0) is 13.0 Å². The summed E-state index contributed by atoms with van der Waals surface area (Å²) in [5.41, 5.74) is 7.69. The van der Waals surface area contributed by atoms with E-state index in [4.69, 9.17) is 5.73 Å². The Morgan fingerprint density at radius 2 is 2.14 bits per heavy atom. The van der Waals surface area contributed by atoms with Crippen LogP contribution in [0.2, 0.25) is 0 Å². The summed E-state index contributed by atoms with van der Waals surface area (Å²) in [6.07, 6.45) is 4.31. The summed E-state index contributed by atoms with van der Waals surface area (Å²) in [6, 6.07) is 1.72. The molecule has 0 atom stereocenters. The van der Waals surface area contributed by atoms with E-state index in [2.05, 4.69) is 15.9 Å². The van der Waals surface area contributed by atoms with Gasteiger partial charge in [0.15, 0.2) is 0 Å². The van der Waals surface area contributed by atoms with E-state index >= 15 is 0 Å². The van der Waals surface area contributed by atoms with Gasteiger partial charge in [-0.05, 0) is 41.3 Å². The van der Waals surface area contributed by atoms with Crippen molar-refractivity contribution in [2.45, 2.75) is 32.2 Å². The van der Waals surface area contributed by atoms with Gasteiger partial charge in [0.05, 0.1) is 10.2 Å². The van der Waals surface area contributed by atoms with E-state index in [0.717, 1.165) is 37.2 Å². The Labute approximate surface area is 91.0 Å². The Morgan fingerprint density at radius 3 is 2.93 bits per heavy atom. The molecule has 0 aliphatic carbocycles. The van der Waals surface area contributed by atoms with Crippen LogP contribution in [0.3, 0.4) is 0 Å². The van der Waals surface area contributed by atoms with Crippen molar-refractivity contribution in [1.29, 1.82) is 0 Å². The molecule has 0 unspecified atom stereocenters. The SMILES string of the molecule is Nc1cc(Br)c(=O)n2c1CCCCC2. The highest BCUT2D eigenvalue weighted by Crippen LogP contribution is 2.20. The molecule has 0 aromatic carbocycles. The van der Waals surface area contributed by atoms with Crippen LogP contribution in [0.25, 0.3) is 0 Å². The standard InChI is InChI=1S/C10H13BrN2O/c11-7-6-8(12)9-4-2-1-3-5-13(9)10(7)14/h6H,1-5,12H2. The van der Waals surface area contributed by atoms with Crippen molar-refractivity contribution in [3.8, 4) is 0 Å². The number of rotatable bonds is 0. The molecule has 1 aromatic rings. The third-order valence-electron chi connectivity index (χ3n) is 2.69. The smallest absolute Gasteiger partial charge is 0.265 e. The average molecular weight is 257 g/mol. The minimum Gasteiger partial charge on any atom is -0.397 e. The van der Waals surface area contributed by atoms with E-state index in [9.17, 15) is 4.79 Å². The Bertz CT molecular complexity index is 411. The van der Waals surface area contributed by atoms with Gasteiger partial charge in [0.25, 0.3) is 5.56 Å². The van der Waals surface area contributed by atoms with Gasteiger partial charge in [0.2, 0.25) is 0 Å². The van der Waals surface area contributed by atoms with Crippen molar-refractivity contribution in [2.75, 3.05) is 5.73 Å². The normalized spacial score (nSPS) is 16.1. The summed E-state index contributed by atoms with van der Waals surface area (Å²) in [5.74, 6) is 0. The third-order valence-corrected chi connectivity index (χ3v) is 3.25. The van der Waals surface area contributed by atoms with Gasteiger partial charge in [0.1, 0.15) is 0 Å². The van der Waals surface area contributed by atoms with Crippen LogP contribution in [0.1, 0.15) is 25.0 Å². The topological polar surface area (TPSA) is 48.0 Å². The van der Waals surface area contributed by atoms with Gasteiger partial charge in [-0.15, -0.1) is 0 Å². The van der Waals surface area contributed by atoms with Gasteiger partial charge in [0, 0.05) is 12.2 Å². The van der Waals surface area contributed by atoms with Crippen LogP contribution < -0.4 is 11.3 Å². The molecule has 0 radical (unpaired) electrons. The summed E-state index contributed by atoms with van der Waals surface area (Å²) in [5, 5.41) is 0. The molecule has 1 aliphatic rings. The number of fused-ring (bicyclic) bond motifs is 1. The second-order valence-corrected chi connectivity index (χ2v) is 4.52. The Balaban J connectivity index is 2.63. The maximum Gasteiger partial charge on any atom is 0.265 e. The largest absolute Gasteiger partial charge is 0.397 e. The zero-order chi connectivity index (χ0) is 10.1. The van der Waals surface area contributed by atoms with Crippen molar-refractivity contribution in [3.63, 3.8) is 0 Å². The first-order valence-corrected chi connectivity index (χ1v) is 5.67. The lowest BCUT2D eigenvalue weighted by molar-refractivity contribution is 0.616. The first-order chi connectivity index (χ1) is 6.70. The highest BCUT2D eigenvalue weighted by Gasteiger charge is 2.13. The summed E-state index contributed by atoms with van der Waals surface area (Å²) < 4.78 is 2.38. The zero-order valence-electron chi connectivity index (χ0n) is 7.92. The molecule has 0 amide bonds. The number of hydrogen-bond donors (Lipinski definition) is 1. The van der Waals surface area contributed by atoms with Crippen LogP contribution in [0.5, 0.6) is 0 Å². The van der Waals surface area contributed by atoms with Crippen LogP contribution >= 0.6 is 15.9 Å². The lowest BCUT2D eigenvalue weighted by atomic mass is 10.1. The van der Waals surface area contributed by atoms with Crippen molar-refractivity contribution < 1.29 is 0 Å². The van der Waals surface area contributed by atoms with Crippen molar-refractivity contribution in [3.05, 3.63) is 26.6 Å². The second-order valence-electron chi connectivity index (χ2n) is 3.66. The maximum atomic E-state index is 11.8. The van der Waals surface area contributed by atoms with Crippen LogP contribution in [0.15, 0.2) is 15.3 Å². The van der Waals surface area contributed by atoms with Crippen molar-refractivity contribution in [2.24, 2.45) is 0 Å². The molecule has 0 spiro atoms. The maximum absolute atomic E-state index is 11.8. The summed E-state index contributed by atoms with van der Waals surface area (Å²) in [6.45, 7) is 0.803. The molecule has 14 heavy (non-hydrogen) atoms. The number of anilines is 1. The van der Waals surface area contributed by atoms with E-state index in [1.165, 1.54) is 6.42 Å². The quantitative estimate of drug-likeness (QED) is 0.771. The van der Waals surface area contributed by atoms with E-state index in [1.54, 1.807) is 6.07 Å². The molecular weight excluding hydrogens is 244 g/mol. The van der Waals surface area contributed by atoms with E-state index in [1.807, 2.05) is 4.57 Å². The monoisotopic (exact) mass is 256 g/mol. The van der Waals surface area contributed by atoms with E-state index in [-0.39, 0.29) is 5.56 Å². The van der Waals surface area contributed by atoms with Gasteiger partial charge in [-0.1, -0.05) is 6.42 Å². The van der Waals surface area contributed by atoms with Crippen LogP contribution in [0, 0.1) is 0 Å². The molecular formula is C10H13BrN2O. The third kappa shape index (κ3) is 1.59. The molecule has 1 aromatic heterocycles. The van der Waals surface area contributed by atoms with Gasteiger partial charge in [-0.25, -0.2) is 0 Å². The van der Waals surface area contributed by atoms with Gasteiger partial charge in [-0.3, -0.25) is 4.79 Å². The fraction of sp³-hybridized carbons (Fsp3) is 0.500. The Morgan fingerprint density at radius 1 is 1.36 bits per heavy atom. The molecule has 2 heterocycles. The highest BCUT2D eigenvalue weighted by molar-refractivity contribution is 9.10.